The Bertz CT molecular complexity index is 110. The first-order valence-corrected chi connectivity index (χ1v) is 0.583. The maximum absolute atomic E-state index is 6.20. The lowest BCUT2D eigenvalue weighted by molar-refractivity contribution is 2.50. The highest BCUT2D eigenvalue weighted by Gasteiger charge is 0.601. The molecule has 0 nitrogen and oxygen atoms in total. The van der Waals surface area contributed by atoms with Crippen molar-refractivity contribution in [3.63, 3.8) is 0 Å². The molecule has 0 aromatic carbocycles. The standard InChI is InChI=1S/C2H4.C2H2.26CH4.6H2/c2*1-2;;;;;;;;;;;;;;;;;;;;;;;;;;;;;;;;/h1-2H2;1-2H;26*1H4;6*1H/i1T2,2T2;;1T;;;;;;;;;;;;;;;;;;;;;;;;;;6*1+2. The predicted molar refractivity (Wildman–Crippen MR) is 209 cm³/mol. The molecular weight excluding hydrogens is 360 g/mol. The lowest BCUT2D eigenvalue weighted by Gasteiger charge is -0.813. The summed E-state index contributed by atoms with van der Waals surface area (Å²) in [6.07, 6.45) is 8.00. The van der Waals surface area contributed by atoms with Crippen molar-refractivity contribution in [1.82, 2.24) is 0 Å². The third kappa shape index (κ3) is 38500. The zero-order chi connectivity index (χ0) is 9.15. The maximum Gasteiger partial charge on any atom is 0.0532 e. The summed E-state index contributed by atoms with van der Waals surface area (Å²) in [6.45, 7) is -1.48. The minimum absolute atomic E-state index is 0. The van der Waals surface area contributed by atoms with Crippen molar-refractivity contribution >= 4 is 0 Å². The lowest BCUT2D eigenvalue weighted by Crippen LogP contribution is -0.576. The van der Waals surface area contributed by atoms with E-state index in [1.54, 1.807) is 0 Å². The van der Waals surface area contributed by atoms with E-state index in [4.69, 9.17) is 6.85 Å². The smallest absolute Gasteiger partial charge is 0.0532 e. The molecule has 30 heavy (non-hydrogen) atoms. The summed E-state index contributed by atoms with van der Waals surface area (Å²) in [7, 11) is 1.25. The normalized spacial score (nSPS) is 2.03. The van der Waals surface area contributed by atoms with E-state index in [1.165, 1.54) is 7.40 Å². The molecule has 0 heteroatoms. The van der Waals surface area contributed by atoms with Gasteiger partial charge in [0.15, 0.2) is 0 Å². The second-order valence-electron chi connectivity index (χ2n) is 0. The van der Waals surface area contributed by atoms with E-state index in [0.717, 1.165) is 0 Å². The van der Waals surface area contributed by atoms with E-state index in [0.29, 0.717) is 0 Å². The number of hydrogen-bond donors (Lipinski definition) is 0. The zero-order valence-electron chi connectivity index (χ0n) is 8.15. The first kappa shape index (κ1) is 591. The molecule has 0 aliphatic rings. The minimum Gasteiger partial charge on any atom is -0.124 e. The van der Waals surface area contributed by atoms with Gasteiger partial charge < -0.3 is 0 Å². The van der Waals surface area contributed by atoms with Gasteiger partial charge in [-0.15, -0.1) is 25.9 Å². The van der Waals surface area contributed by atoms with Gasteiger partial charge in [-0.25, -0.2) is 0 Å². The van der Waals surface area contributed by atoms with Crippen molar-refractivity contribution in [1.29, 1.82) is 0 Å². The van der Waals surface area contributed by atoms with Crippen LogP contribution in [0.1, 0.15) is 208 Å². The molecule has 0 aromatic rings. The van der Waals surface area contributed by atoms with Crippen LogP contribution in [0.4, 0.5) is 0 Å². The molecule has 0 radical (unpaired) electrons. The Morgan fingerprint density at radius 3 is 0.333 bits per heavy atom. The van der Waals surface area contributed by atoms with Crippen LogP contribution in [0, 0.1) is 12.8 Å². The summed E-state index contributed by atoms with van der Waals surface area (Å²) >= 11 is 0. The predicted octanol–water partition coefficient (Wildman–Crippen LogP) is 19.1. The van der Waals surface area contributed by atoms with Crippen LogP contribution in [0.25, 0.3) is 0 Å². The zero-order valence-corrected chi connectivity index (χ0v) is 3.15. The molecule has 0 fully saturated rings. The van der Waals surface area contributed by atoms with Crippen molar-refractivity contribution in [3.8, 4) is 12.8 Å². The van der Waals surface area contributed by atoms with E-state index < -0.39 is 13.1 Å². The van der Waals surface area contributed by atoms with Crippen molar-refractivity contribution in [2.75, 3.05) is 0 Å². The molecular formula is C30H122. The molecule has 0 unspecified atom stereocenters. The quantitative estimate of drug-likeness (QED) is 0.227. The van der Waals surface area contributed by atoms with Crippen LogP contribution in [0.15, 0.2) is 13.1 Å². The Kier molecular flexibility index (Phi) is 848000. The number of terminal acetylenes is 1. The van der Waals surface area contributed by atoms with Crippen LogP contribution in [0.2, 0.25) is 0 Å². The summed E-state index contributed by atoms with van der Waals surface area (Å²) in [5.41, 5.74) is 0. The Morgan fingerprint density at radius 2 is 0.333 bits per heavy atom. The molecule has 0 amide bonds. The van der Waals surface area contributed by atoms with Crippen LogP contribution < -0.4 is 0 Å². The fourth-order valence-corrected chi connectivity index (χ4v) is 0. The Balaban J connectivity index is -0.000000000425. The van der Waals surface area contributed by atoms with Gasteiger partial charge in [0.05, 0.1) is 5.48 Å². The lowest BCUT2D eigenvalue weighted by atomic mass is 11.3. The molecule has 0 atom stereocenters. The van der Waals surface area contributed by atoms with Gasteiger partial charge in [-0.3, -0.25) is 0 Å². The second-order valence-corrected chi connectivity index (χ2v) is 0. The fourth-order valence-electron chi connectivity index (χ4n) is 0. The third-order valence-electron chi connectivity index (χ3n) is 0. The van der Waals surface area contributed by atoms with Gasteiger partial charge in [-0.2, -0.15) is 0 Å². The molecule has 0 spiro atoms. The summed E-state index contributed by atoms with van der Waals surface area (Å²) in [5.74, 6) is 0. The molecule has 0 bridgehead atoms. The van der Waals surface area contributed by atoms with Crippen LogP contribution >= 0.6 is 0 Å². The van der Waals surface area contributed by atoms with Gasteiger partial charge in [-0.05, 0) is 0 Å². The first-order valence-electron chi connectivity index (χ1n) is 3.58. The molecule has 242 valence electrons. The van der Waals surface area contributed by atoms with Crippen LogP contribution in [-0.2, 0) is 0 Å². The van der Waals surface area contributed by atoms with Crippen molar-refractivity contribution in [2.24, 2.45) is 0 Å². The summed E-state index contributed by atoms with van der Waals surface area (Å²) < 4.78 is 30.6. The Morgan fingerprint density at radius 1 is 0.300 bits per heavy atom. The van der Waals surface area contributed by atoms with Crippen LogP contribution in [0.5, 0.6) is 0 Å². The number of hydrogen-bond acceptors (Lipinski definition) is 0. The molecule has 0 aromatic heterocycles. The first-order chi connectivity index (χ1) is 4.64. The number of rotatable bonds is 0. The van der Waals surface area contributed by atoms with E-state index in [9.17, 15) is 0 Å². The monoisotopic (exact) mass is 505 g/mol. The Labute approximate surface area is 235 Å². The highest BCUT2D eigenvalue weighted by Crippen LogP contribution is 0.862. The molecule has 0 saturated carbocycles. The van der Waals surface area contributed by atoms with E-state index >= 15 is 0 Å². The van der Waals surface area contributed by atoms with Crippen LogP contribution in [0.3, 0.4) is 0 Å². The second kappa shape index (κ2) is 43000. The van der Waals surface area contributed by atoms with Gasteiger partial charge in [-0.1, -0.05) is 193 Å². The Hall–Kier alpha value is -0.700. The van der Waals surface area contributed by atoms with Gasteiger partial charge in [0, 0.05) is 9.93 Å². The van der Waals surface area contributed by atoms with E-state index in [2.05, 4.69) is 12.8 Å². The molecule has 0 aliphatic heterocycles. The molecule has 0 N–H and O–H groups in total. The average Bonchev–Trinajstić information content (AvgIpc) is 1.96. The minimum atomic E-state index is -0.741. The van der Waals surface area contributed by atoms with Crippen molar-refractivity contribution < 1.29 is 15.4 Å². The molecule has 0 heterocycles. The maximum atomic E-state index is 6.20. The summed E-state index contributed by atoms with van der Waals surface area (Å²) in [4.78, 5) is 0. The highest BCUT2D eigenvalue weighted by molar-refractivity contribution is 4.47. The highest BCUT2D eigenvalue weighted by atomic mass is 12.7. The molecule has 0 saturated heterocycles. The third-order valence-corrected chi connectivity index (χ3v) is 0. The van der Waals surface area contributed by atoms with Gasteiger partial charge >= 0.3 is 0 Å². The summed E-state index contributed by atoms with van der Waals surface area (Å²) in [5, 5.41) is 0. The van der Waals surface area contributed by atoms with Gasteiger partial charge in [0.2, 0.25) is 0 Å². The van der Waals surface area contributed by atoms with Crippen LogP contribution in [-0.4, -0.2) is 0 Å². The average molecular weight is 505 g/mol. The summed E-state index contributed by atoms with van der Waals surface area (Å²) in [6, 6.07) is 0. The van der Waals surface area contributed by atoms with E-state index in [-0.39, 0.29) is 194 Å². The van der Waals surface area contributed by atoms with E-state index in [1.807, 2.05) is 0 Å². The van der Waals surface area contributed by atoms with Gasteiger partial charge in [0.1, 0.15) is 0 Å². The largest absolute Gasteiger partial charge is 0.124 e. The van der Waals surface area contributed by atoms with Gasteiger partial charge in [0.25, 0.3) is 0 Å². The molecule has 0 aliphatic carbocycles. The SMILES string of the molecule is C.C.C.C.C.C.C.C.C.C.C.C.C.C.C.C.C.C.C.C.C.C.C.C.C.C#C.[3HH].[3HH].[3HH].[3HH].[3HH].[3HH].[3H]C.[3H]C([3H])=C([3H])[3H]. The topological polar surface area (TPSA) is 0 Å². The van der Waals surface area contributed by atoms with Crippen molar-refractivity contribution in [3.05, 3.63) is 13.1 Å². The molecule has 0 rings (SSSR count). The fraction of sp³-hybridized carbons (Fsp3) is 0.867. The van der Waals surface area contributed by atoms with Crippen molar-refractivity contribution in [2.45, 2.75) is 193 Å².